The maximum atomic E-state index is 10.3. The van der Waals surface area contributed by atoms with Crippen LogP contribution in [0, 0.1) is 0 Å². The molecule has 0 amide bonds. The smallest absolute Gasteiger partial charge is 0.247 e. The number of ether oxygens (including phenoxy) is 4. The van der Waals surface area contributed by atoms with Gasteiger partial charge >= 0.3 is 0 Å². The summed E-state index contributed by atoms with van der Waals surface area (Å²) in [6, 6.07) is 3.42. The van der Waals surface area contributed by atoms with Gasteiger partial charge < -0.3 is 40.0 Å². The summed E-state index contributed by atoms with van der Waals surface area (Å²) in [7, 11) is 4.54. The summed E-state index contributed by atoms with van der Waals surface area (Å²) in [6.07, 6.45) is -1.69. The molecule has 14 heteroatoms. The highest BCUT2D eigenvalue weighted by atomic mass is 16.6. The van der Waals surface area contributed by atoms with Crippen molar-refractivity contribution < 1.29 is 34.3 Å². The number of nitrogens with zero attached hydrogens (tertiary/aromatic N) is 5. The largest absolute Gasteiger partial charge is 0.493 e. The van der Waals surface area contributed by atoms with Crippen LogP contribution in [-0.2, 0) is 4.74 Å². The fraction of sp³-hybridized carbons (Fsp3) is 0.400. The van der Waals surface area contributed by atoms with E-state index in [-0.39, 0.29) is 22.9 Å². The first kappa shape index (κ1) is 23.4. The number of anilines is 2. The van der Waals surface area contributed by atoms with Crippen LogP contribution < -0.4 is 25.4 Å². The lowest BCUT2D eigenvalue weighted by molar-refractivity contribution is -0.0511. The molecule has 14 nitrogen and oxygen atoms in total. The summed E-state index contributed by atoms with van der Waals surface area (Å²) in [5.41, 5.74) is 9.88. The molecule has 1 fully saturated rings. The van der Waals surface area contributed by atoms with Crippen molar-refractivity contribution in [1.29, 1.82) is 0 Å². The number of hydrogen-bond donors (Lipinski definition) is 5. The van der Waals surface area contributed by atoms with Gasteiger partial charge in [0.25, 0.3) is 0 Å². The number of aromatic nitrogens is 4. The molecule has 1 saturated heterocycles. The van der Waals surface area contributed by atoms with Crippen LogP contribution in [0.2, 0.25) is 0 Å². The summed E-state index contributed by atoms with van der Waals surface area (Å²) in [6.45, 7) is -0.457. The molecule has 1 aliphatic heterocycles. The van der Waals surface area contributed by atoms with Crippen molar-refractivity contribution in [1.82, 2.24) is 19.5 Å². The minimum atomic E-state index is -1.31. The van der Waals surface area contributed by atoms with E-state index >= 15 is 0 Å². The van der Waals surface area contributed by atoms with Crippen molar-refractivity contribution in [2.45, 2.75) is 24.5 Å². The Balaban J connectivity index is 1.60. The molecule has 6 N–H and O–H groups in total. The van der Waals surface area contributed by atoms with E-state index in [1.165, 1.54) is 38.4 Å². The van der Waals surface area contributed by atoms with E-state index in [2.05, 4.69) is 25.5 Å². The Labute approximate surface area is 193 Å². The lowest BCUT2D eigenvalue weighted by Gasteiger charge is -2.16. The second kappa shape index (κ2) is 9.64. The number of aliphatic hydroxyl groups is 3. The zero-order valence-electron chi connectivity index (χ0n) is 18.6. The Hall–Kier alpha value is -3.72. The van der Waals surface area contributed by atoms with Gasteiger partial charge in [-0.3, -0.25) is 4.57 Å². The Morgan fingerprint density at radius 1 is 1.15 bits per heavy atom. The van der Waals surface area contributed by atoms with E-state index in [1.54, 1.807) is 12.1 Å². The summed E-state index contributed by atoms with van der Waals surface area (Å²) in [4.78, 5) is 12.7. The molecule has 1 aromatic carbocycles. The fourth-order valence-corrected chi connectivity index (χ4v) is 3.62. The highest BCUT2D eigenvalue weighted by Gasteiger charge is 2.44. The van der Waals surface area contributed by atoms with Crippen molar-refractivity contribution in [3.05, 3.63) is 24.0 Å². The molecule has 2 aromatic heterocycles. The second-order valence-corrected chi connectivity index (χ2v) is 7.31. The first-order chi connectivity index (χ1) is 16.4. The van der Waals surface area contributed by atoms with E-state index in [1.807, 2.05) is 0 Å². The normalized spacial score (nSPS) is 22.4. The number of fused-ring (bicyclic) bond motifs is 1. The zero-order valence-corrected chi connectivity index (χ0v) is 18.6. The van der Waals surface area contributed by atoms with E-state index < -0.39 is 31.1 Å². The second-order valence-electron chi connectivity index (χ2n) is 7.31. The predicted molar refractivity (Wildman–Crippen MR) is 120 cm³/mol. The molecule has 0 radical (unpaired) electrons. The van der Waals surface area contributed by atoms with Gasteiger partial charge in [0.2, 0.25) is 11.7 Å². The number of nitrogens with two attached hydrogens (primary N) is 1. The summed E-state index contributed by atoms with van der Waals surface area (Å²) in [5, 5.41) is 33.9. The number of aliphatic hydroxyl groups excluding tert-OH is 3. The Morgan fingerprint density at radius 3 is 2.44 bits per heavy atom. The minimum Gasteiger partial charge on any atom is -0.493 e. The summed E-state index contributed by atoms with van der Waals surface area (Å²) in [5.74, 6) is 1.51. The SMILES string of the molecule is COc1cc(/C=N/Nc2nc(N)c3ncn([C@@H]4O[C@H](CO)C(O)[C@@H]4O)c3n2)cc(OC)c1OC. The fourth-order valence-electron chi connectivity index (χ4n) is 3.62. The van der Waals surface area contributed by atoms with Crippen LogP contribution >= 0.6 is 0 Å². The van der Waals surface area contributed by atoms with Gasteiger partial charge in [-0.05, 0) is 12.1 Å². The Kier molecular flexibility index (Phi) is 6.65. The van der Waals surface area contributed by atoms with Crippen LogP contribution in [0.5, 0.6) is 17.2 Å². The summed E-state index contributed by atoms with van der Waals surface area (Å²) >= 11 is 0. The van der Waals surface area contributed by atoms with Gasteiger partial charge in [0.1, 0.15) is 23.8 Å². The van der Waals surface area contributed by atoms with Gasteiger partial charge in [-0.25, -0.2) is 10.4 Å². The summed E-state index contributed by atoms with van der Waals surface area (Å²) < 4.78 is 22.9. The van der Waals surface area contributed by atoms with Gasteiger partial charge in [-0.15, -0.1) is 0 Å². The van der Waals surface area contributed by atoms with Crippen molar-refractivity contribution >= 4 is 29.1 Å². The first-order valence-corrected chi connectivity index (χ1v) is 10.1. The average Bonchev–Trinajstić information content (AvgIpc) is 3.39. The highest BCUT2D eigenvalue weighted by molar-refractivity contribution is 5.84. The lowest BCUT2D eigenvalue weighted by Crippen LogP contribution is -2.33. The van der Waals surface area contributed by atoms with E-state index in [0.717, 1.165) is 0 Å². The molecule has 4 atom stereocenters. The van der Waals surface area contributed by atoms with Gasteiger partial charge in [0, 0.05) is 5.56 Å². The van der Waals surface area contributed by atoms with Crippen LogP contribution in [0.3, 0.4) is 0 Å². The molecule has 3 heterocycles. The van der Waals surface area contributed by atoms with E-state index in [4.69, 9.17) is 24.7 Å². The average molecular weight is 475 g/mol. The standard InChI is InChI=1S/C20H25N7O7/c1-31-10-4-9(5-11(32-2)16(10)33-3)6-23-26-20-24-17(21)13-18(25-20)27(8-22-13)19-15(30)14(29)12(7-28)34-19/h4-6,8,12,14-15,19,28-30H,7H2,1-3H3,(H3,21,24,25,26)/b23-6+/t12-,14?,15+,19-/m1/s1. The number of methoxy groups -OCH3 is 3. The minimum absolute atomic E-state index is 0.0576. The topological polar surface area (TPSA) is 192 Å². The highest BCUT2D eigenvalue weighted by Crippen LogP contribution is 2.38. The van der Waals surface area contributed by atoms with Gasteiger partial charge in [0.15, 0.2) is 29.2 Å². The predicted octanol–water partition coefficient (Wildman–Crippen LogP) is -0.508. The molecule has 0 spiro atoms. The van der Waals surface area contributed by atoms with Gasteiger partial charge in [0.05, 0.1) is 40.5 Å². The van der Waals surface area contributed by atoms with Crippen LogP contribution in [0.15, 0.2) is 23.6 Å². The number of hydrazone groups is 1. The molecule has 3 aromatic rings. The molecule has 34 heavy (non-hydrogen) atoms. The van der Waals surface area contributed by atoms with Crippen LogP contribution in [0.1, 0.15) is 11.8 Å². The van der Waals surface area contributed by atoms with Crippen LogP contribution in [0.4, 0.5) is 11.8 Å². The molecule has 0 bridgehead atoms. The van der Waals surface area contributed by atoms with Crippen molar-refractivity contribution in [2.75, 3.05) is 39.1 Å². The maximum absolute atomic E-state index is 10.3. The molecule has 1 unspecified atom stereocenters. The maximum Gasteiger partial charge on any atom is 0.247 e. The third kappa shape index (κ3) is 4.14. The number of nitrogens with one attached hydrogen (secondary N) is 1. The number of benzene rings is 1. The zero-order chi connectivity index (χ0) is 24.4. The van der Waals surface area contributed by atoms with Crippen LogP contribution in [0.25, 0.3) is 11.2 Å². The van der Waals surface area contributed by atoms with E-state index in [0.29, 0.717) is 22.8 Å². The molecule has 0 aliphatic carbocycles. The number of nitrogen functional groups attached to an aromatic ring is 1. The van der Waals surface area contributed by atoms with Crippen molar-refractivity contribution in [2.24, 2.45) is 5.10 Å². The van der Waals surface area contributed by atoms with Crippen LogP contribution in [-0.4, -0.2) is 87.3 Å². The first-order valence-electron chi connectivity index (χ1n) is 10.1. The quantitative estimate of drug-likeness (QED) is 0.207. The number of imidazole rings is 1. The molecule has 0 saturated carbocycles. The third-order valence-electron chi connectivity index (χ3n) is 5.30. The monoisotopic (exact) mass is 475 g/mol. The molecular formula is C20H25N7O7. The molecule has 1 aliphatic rings. The Bertz CT molecular complexity index is 1180. The Morgan fingerprint density at radius 2 is 1.85 bits per heavy atom. The number of hydrogen-bond acceptors (Lipinski definition) is 13. The molecular weight excluding hydrogens is 450 g/mol. The van der Waals surface area contributed by atoms with E-state index in [9.17, 15) is 15.3 Å². The third-order valence-corrected chi connectivity index (χ3v) is 5.30. The number of rotatable bonds is 8. The molecule has 182 valence electrons. The molecule has 4 rings (SSSR count). The lowest BCUT2D eigenvalue weighted by atomic mass is 10.1. The van der Waals surface area contributed by atoms with Gasteiger partial charge in [-0.1, -0.05) is 0 Å². The van der Waals surface area contributed by atoms with Crippen molar-refractivity contribution in [3.63, 3.8) is 0 Å². The van der Waals surface area contributed by atoms with Gasteiger partial charge in [-0.2, -0.15) is 15.1 Å². The van der Waals surface area contributed by atoms with Crippen molar-refractivity contribution in [3.8, 4) is 17.2 Å².